The molecule has 5 aromatic rings. The van der Waals surface area contributed by atoms with Crippen LogP contribution in [0.4, 0.5) is 0 Å². The molecule has 0 fully saturated rings. The molecule has 0 saturated carbocycles. The van der Waals surface area contributed by atoms with Gasteiger partial charge in [-0.25, -0.2) is 9.25 Å². The molecule has 0 bridgehead atoms. The molecule has 3 aromatic carbocycles. The van der Waals surface area contributed by atoms with E-state index in [1.807, 2.05) is 79.0 Å². The number of benzene rings is 3. The van der Waals surface area contributed by atoms with Crippen molar-refractivity contribution in [2.24, 2.45) is 0 Å². The van der Waals surface area contributed by atoms with Gasteiger partial charge in [0.1, 0.15) is 5.75 Å². The van der Waals surface area contributed by atoms with Crippen molar-refractivity contribution in [2.75, 3.05) is 14.2 Å². The van der Waals surface area contributed by atoms with Crippen molar-refractivity contribution >= 4 is 28.9 Å². The molecule has 5 rings (SSSR count). The summed E-state index contributed by atoms with van der Waals surface area (Å²) in [5.41, 5.74) is 4.66. The maximum atomic E-state index is 13.6. The van der Waals surface area contributed by atoms with Crippen molar-refractivity contribution in [1.29, 1.82) is 0 Å². The quantitative estimate of drug-likeness (QED) is 0.321. The van der Waals surface area contributed by atoms with Gasteiger partial charge in [0.2, 0.25) is 10.5 Å². The third-order valence-electron chi connectivity index (χ3n) is 6.21. The minimum atomic E-state index is -0.118. The van der Waals surface area contributed by atoms with Crippen molar-refractivity contribution in [3.05, 3.63) is 98.5 Å². The molecule has 0 saturated heterocycles. The van der Waals surface area contributed by atoms with Gasteiger partial charge in [0, 0.05) is 12.1 Å². The zero-order valence-electron chi connectivity index (χ0n) is 20.2. The Morgan fingerprint density at radius 1 is 1.03 bits per heavy atom. The van der Waals surface area contributed by atoms with Crippen LogP contribution in [0, 0.1) is 18.6 Å². The molecule has 0 unspecified atom stereocenters. The van der Waals surface area contributed by atoms with E-state index in [0.717, 1.165) is 28.1 Å². The summed E-state index contributed by atoms with van der Waals surface area (Å²) in [6, 6.07) is 21.5. The smallest absolute Gasteiger partial charge is 0.267 e. The average molecular weight is 486 g/mol. The second-order valence-corrected chi connectivity index (χ2v) is 9.20. The SMILES string of the molecule is COc1ccc(C)cc1CN(C)Cn1nc2n(-c3ccccc3C)c(=O)c3ccccc3n2c1=S. The average Bonchev–Trinajstić information content (AvgIpc) is 3.16. The van der Waals surface area contributed by atoms with Gasteiger partial charge in [-0.2, -0.15) is 0 Å². The van der Waals surface area contributed by atoms with Crippen LogP contribution < -0.4 is 10.3 Å². The van der Waals surface area contributed by atoms with Crippen LogP contribution in [0.1, 0.15) is 16.7 Å². The predicted octanol–water partition coefficient (Wildman–Crippen LogP) is 4.88. The number of hydrogen-bond acceptors (Lipinski definition) is 5. The fourth-order valence-corrected chi connectivity index (χ4v) is 4.82. The lowest BCUT2D eigenvalue weighted by Crippen LogP contribution is -2.23. The van der Waals surface area contributed by atoms with Crippen LogP contribution in [-0.4, -0.2) is 37.8 Å². The molecule has 7 nitrogen and oxygen atoms in total. The Bertz CT molecular complexity index is 1680. The van der Waals surface area contributed by atoms with Crippen LogP contribution in [0.2, 0.25) is 0 Å². The molecule has 178 valence electrons. The first-order valence-corrected chi connectivity index (χ1v) is 11.8. The molecule has 0 atom stereocenters. The van der Waals surface area contributed by atoms with E-state index >= 15 is 0 Å². The lowest BCUT2D eigenvalue weighted by molar-refractivity contribution is 0.241. The highest BCUT2D eigenvalue weighted by Gasteiger charge is 2.18. The van der Waals surface area contributed by atoms with Gasteiger partial charge < -0.3 is 4.74 Å². The van der Waals surface area contributed by atoms with Crippen molar-refractivity contribution in [2.45, 2.75) is 27.1 Å². The van der Waals surface area contributed by atoms with Gasteiger partial charge in [-0.05, 0) is 62.9 Å². The number of hydrogen-bond donors (Lipinski definition) is 0. The molecule has 2 heterocycles. The highest BCUT2D eigenvalue weighted by Crippen LogP contribution is 2.22. The van der Waals surface area contributed by atoms with E-state index in [1.165, 1.54) is 5.56 Å². The van der Waals surface area contributed by atoms with E-state index in [1.54, 1.807) is 16.4 Å². The molecule has 2 aromatic heterocycles. The fraction of sp³-hybridized carbons (Fsp3) is 0.222. The molecule has 0 spiro atoms. The summed E-state index contributed by atoms with van der Waals surface area (Å²) in [6.45, 7) is 5.17. The Hall–Kier alpha value is -3.75. The molecule has 0 aliphatic carbocycles. The fourth-order valence-electron chi connectivity index (χ4n) is 4.54. The van der Waals surface area contributed by atoms with Gasteiger partial charge in [-0.3, -0.25) is 14.1 Å². The lowest BCUT2D eigenvalue weighted by Gasteiger charge is -2.18. The topological polar surface area (TPSA) is 56.7 Å². The van der Waals surface area contributed by atoms with Gasteiger partial charge in [0.15, 0.2) is 0 Å². The number of ether oxygens (including phenoxy) is 1. The number of fused-ring (bicyclic) bond motifs is 3. The first-order chi connectivity index (χ1) is 16.9. The van der Waals surface area contributed by atoms with Crippen molar-refractivity contribution in [1.82, 2.24) is 23.6 Å². The summed E-state index contributed by atoms with van der Waals surface area (Å²) >= 11 is 5.89. The van der Waals surface area contributed by atoms with Gasteiger partial charge in [-0.15, -0.1) is 5.10 Å². The molecular formula is C27H27N5O2S. The summed E-state index contributed by atoms with van der Waals surface area (Å²) in [5, 5.41) is 5.44. The molecule has 0 amide bonds. The van der Waals surface area contributed by atoms with Crippen LogP contribution in [0.25, 0.3) is 22.4 Å². The van der Waals surface area contributed by atoms with Gasteiger partial charge in [0.25, 0.3) is 5.56 Å². The van der Waals surface area contributed by atoms with Crippen LogP contribution in [0.5, 0.6) is 5.75 Å². The standard InChI is InChI=1S/C27H27N5O2S/c1-18-13-14-24(34-4)20(15-18)16-29(3)17-30-27(35)32-23-12-8-6-10-21(23)25(33)31(26(32)28-30)22-11-7-5-9-19(22)2/h5-15H,16-17H2,1-4H3. The summed E-state index contributed by atoms with van der Waals surface area (Å²) in [5.74, 6) is 1.34. The molecular weight excluding hydrogens is 458 g/mol. The zero-order valence-corrected chi connectivity index (χ0v) is 21.0. The molecule has 0 radical (unpaired) electrons. The second-order valence-electron chi connectivity index (χ2n) is 8.83. The van der Waals surface area contributed by atoms with E-state index in [4.69, 9.17) is 22.1 Å². The maximum absolute atomic E-state index is 13.6. The number of para-hydroxylation sites is 2. The second kappa shape index (κ2) is 9.13. The minimum Gasteiger partial charge on any atom is -0.496 e. The minimum absolute atomic E-state index is 0.118. The maximum Gasteiger partial charge on any atom is 0.267 e. The van der Waals surface area contributed by atoms with E-state index in [-0.39, 0.29) is 5.56 Å². The highest BCUT2D eigenvalue weighted by molar-refractivity contribution is 7.71. The first kappa shape index (κ1) is 23.0. The Labute approximate surface area is 208 Å². The van der Waals surface area contributed by atoms with Crippen molar-refractivity contribution in [3.8, 4) is 11.4 Å². The van der Waals surface area contributed by atoms with E-state index in [9.17, 15) is 4.79 Å². The van der Waals surface area contributed by atoms with Crippen LogP contribution in [-0.2, 0) is 13.2 Å². The third kappa shape index (κ3) is 4.05. The summed E-state index contributed by atoms with van der Waals surface area (Å²) in [6.07, 6.45) is 0. The number of aromatic nitrogens is 4. The van der Waals surface area contributed by atoms with Crippen LogP contribution in [0.15, 0.2) is 71.5 Å². The largest absolute Gasteiger partial charge is 0.496 e. The van der Waals surface area contributed by atoms with Crippen molar-refractivity contribution < 1.29 is 4.74 Å². The van der Waals surface area contributed by atoms with Gasteiger partial charge in [0.05, 0.1) is 30.4 Å². The first-order valence-electron chi connectivity index (χ1n) is 11.4. The summed E-state index contributed by atoms with van der Waals surface area (Å²) in [7, 11) is 3.70. The Morgan fingerprint density at radius 2 is 1.77 bits per heavy atom. The number of rotatable bonds is 6. The molecule has 0 N–H and O–H groups in total. The normalized spacial score (nSPS) is 11.6. The number of aryl methyl sites for hydroxylation is 2. The molecule has 0 aliphatic heterocycles. The number of nitrogens with zero attached hydrogens (tertiary/aromatic N) is 5. The van der Waals surface area contributed by atoms with E-state index in [0.29, 0.717) is 29.1 Å². The highest BCUT2D eigenvalue weighted by atomic mass is 32.1. The molecule has 0 aliphatic rings. The van der Waals surface area contributed by atoms with Gasteiger partial charge >= 0.3 is 0 Å². The molecule has 35 heavy (non-hydrogen) atoms. The molecule has 8 heteroatoms. The van der Waals surface area contributed by atoms with E-state index < -0.39 is 0 Å². The predicted molar refractivity (Wildman–Crippen MR) is 141 cm³/mol. The number of methoxy groups -OCH3 is 1. The van der Waals surface area contributed by atoms with Crippen LogP contribution >= 0.6 is 12.2 Å². The monoisotopic (exact) mass is 485 g/mol. The van der Waals surface area contributed by atoms with Gasteiger partial charge in [-0.1, -0.05) is 48.0 Å². The van der Waals surface area contributed by atoms with Crippen molar-refractivity contribution in [3.63, 3.8) is 0 Å². The lowest BCUT2D eigenvalue weighted by atomic mass is 10.1. The Morgan fingerprint density at radius 3 is 2.54 bits per heavy atom. The Kier molecular flexibility index (Phi) is 6.00. The summed E-state index contributed by atoms with van der Waals surface area (Å²) in [4.78, 5) is 15.7. The third-order valence-corrected chi connectivity index (χ3v) is 6.60. The Balaban J connectivity index is 1.66. The summed E-state index contributed by atoms with van der Waals surface area (Å²) < 4.78 is 11.4. The zero-order chi connectivity index (χ0) is 24.7. The van der Waals surface area contributed by atoms with E-state index in [2.05, 4.69) is 17.9 Å². The van der Waals surface area contributed by atoms with Crippen LogP contribution in [0.3, 0.4) is 0 Å².